The van der Waals surface area contributed by atoms with E-state index in [0.29, 0.717) is 11.4 Å². The summed E-state index contributed by atoms with van der Waals surface area (Å²) < 4.78 is 31.3. The van der Waals surface area contributed by atoms with Crippen molar-refractivity contribution in [2.24, 2.45) is 0 Å². The Morgan fingerprint density at radius 3 is 2.62 bits per heavy atom. The van der Waals surface area contributed by atoms with Gasteiger partial charge in [0.25, 0.3) is 5.69 Å². The standard InChI is InChI=1S/C14H12F2N2O3/c1-21-13-6-11(5-12(7-13)18(19)20)17-8-9-2-3-10(15)4-14(9)16/h2-7,17H,8H2,1H3. The van der Waals surface area contributed by atoms with E-state index in [4.69, 9.17) is 4.74 Å². The van der Waals surface area contributed by atoms with E-state index >= 15 is 0 Å². The van der Waals surface area contributed by atoms with Gasteiger partial charge in [-0.25, -0.2) is 8.78 Å². The van der Waals surface area contributed by atoms with Gasteiger partial charge in [-0.2, -0.15) is 0 Å². The summed E-state index contributed by atoms with van der Waals surface area (Å²) in [4.78, 5) is 10.3. The number of ether oxygens (including phenoxy) is 1. The third-order valence-corrected chi connectivity index (χ3v) is 2.84. The second-order valence-electron chi connectivity index (χ2n) is 4.27. The number of benzene rings is 2. The van der Waals surface area contributed by atoms with Gasteiger partial charge in [0, 0.05) is 36.0 Å². The van der Waals surface area contributed by atoms with Crippen molar-refractivity contribution in [3.8, 4) is 5.75 Å². The van der Waals surface area contributed by atoms with Crippen molar-refractivity contribution >= 4 is 11.4 Å². The number of hydrogen-bond donors (Lipinski definition) is 1. The predicted octanol–water partition coefficient (Wildman–Crippen LogP) is 3.49. The number of nitro benzene ring substituents is 1. The lowest BCUT2D eigenvalue weighted by Gasteiger charge is -2.09. The van der Waals surface area contributed by atoms with Gasteiger partial charge in [-0.3, -0.25) is 10.1 Å². The Kier molecular flexibility index (Phi) is 4.32. The summed E-state index contributed by atoms with van der Waals surface area (Å²) in [5.41, 5.74) is 0.517. The number of rotatable bonds is 5. The number of nitro groups is 1. The first-order valence-corrected chi connectivity index (χ1v) is 6.01. The molecule has 0 saturated heterocycles. The lowest BCUT2D eigenvalue weighted by Crippen LogP contribution is -2.03. The van der Waals surface area contributed by atoms with Gasteiger partial charge in [0.15, 0.2) is 0 Å². The molecule has 0 amide bonds. The first-order chi connectivity index (χ1) is 9.99. The third kappa shape index (κ3) is 3.65. The monoisotopic (exact) mass is 294 g/mol. The molecular weight excluding hydrogens is 282 g/mol. The van der Waals surface area contributed by atoms with Gasteiger partial charge in [0.1, 0.15) is 17.4 Å². The minimum absolute atomic E-state index is 0.0659. The second kappa shape index (κ2) is 6.17. The van der Waals surface area contributed by atoms with E-state index in [9.17, 15) is 18.9 Å². The highest BCUT2D eigenvalue weighted by Gasteiger charge is 2.11. The number of anilines is 1. The summed E-state index contributed by atoms with van der Waals surface area (Å²) in [5.74, 6) is -1.03. The Hall–Kier alpha value is -2.70. The van der Waals surface area contributed by atoms with Crippen molar-refractivity contribution in [1.29, 1.82) is 0 Å². The predicted molar refractivity (Wildman–Crippen MR) is 73.3 cm³/mol. The van der Waals surface area contributed by atoms with Gasteiger partial charge >= 0.3 is 0 Å². The first-order valence-electron chi connectivity index (χ1n) is 6.01. The summed E-state index contributed by atoms with van der Waals surface area (Å²) in [6.45, 7) is 0.0659. The van der Waals surface area contributed by atoms with Crippen LogP contribution >= 0.6 is 0 Å². The van der Waals surface area contributed by atoms with Crippen LogP contribution in [0.4, 0.5) is 20.2 Å². The van der Waals surface area contributed by atoms with Crippen LogP contribution in [0.3, 0.4) is 0 Å². The molecule has 0 aliphatic rings. The van der Waals surface area contributed by atoms with Crippen LogP contribution in [-0.4, -0.2) is 12.0 Å². The van der Waals surface area contributed by atoms with Gasteiger partial charge in [-0.1, -0.05) is 6.07 Å². The lowest BCUT2D eigenvalue weighted by molar-refractivity contribution is -0.384. The third-order valence-electron chi connectivity index (χ3n) is 2.84. The minimum Gasteiger partial charge on any atom is -0.496 e. The highest BCUT2D eigenvalue weighted by molar-refractivity contribution is 5.56. The highest BCUT2D eigenvalue weighted by atomic mass is 19.1. The number of nitrogens with one attached hydrogen (secondary N) is 1. The van der Waals surface area contributed by atoms with Crippen molar-refractivity contribution in [1.82, 2.24) is 0 Å². The number of halogens is 2. The molecule has 0 bridgehead atoms. The molecule has 0 spiro atoms. The van der Waals surface area contributed by atoms with E-state index in [-0.39, 0.29) is 17.8 Å². The number of nitrogens with zero attached hydrogens (tertiary/aromatic N) is 1. The molecule has 0 unspecified atom stereocenters. The Balaban J connectivity index is 2.19. The van der Waals surface area contributed by atoms with Crippen LogP contribution in [0.1, 0.15) is 5.56 Å². The fourth-order valence-electron chi connectivity index (χ4n) is 1.77. The van der Waals surface area contributed by atoms with Crippen molar-refractivity contribution in [3.05, 3.63) is 63.7 Å². The first kappa shape index (κ1) is 14.7. The van der Waals surface area contributed by atoms with Gasteiger partial charge in [0.05, 0.1) is 18.1 Å². The summed E-state index contributed by atoms with van der Waals surface area (Å²) >= 11 is 0. The molecule has 1 N–H and O–H groups in total. The Morgan fingerprint density at radius 1 is 1.24 bits per heavy atom. The molecule has 0 atom stereocenters. The molecule has 0 heterocycles. The van der Waals surface area contributed by atoms with Crippen LogP contribution in [0.15, 0.2) is 36.4 Å². The number of methoxy groups -OCH3 is 1. The molecule has 21 heavy (non-hydrogen) atoms. The number of hydrogen-bond acceptors (Lipinski definition) is 4. The summed E-state index contributed by atoms with van der Waals surface area (Å²) in [6.07, 6.45) is 0. The molecule has 0 fully saturated rings. The number of non-ortho nitro benzene ring substituents is 1. The molecule has 110 valence electrons. The zero-order chi connectivity index (χ0) is 15.4. The lowest BCUT2D eigenvalue weighted by atomic mass is 10.2. The summed E-state index contributed by atoms with van der Waals surface area (Å²) in [7, 11) is 1.39. The molecule has 5 nitrogen and oxygen atoms in total. The van der Waals surface area contributed by atoms with E-state index in [2.05, 4.69) is 5.32 Å². The largest absolute Gasteiger partial charge is 0.496 e. The molecular formula is C14H12F2N2O3. The zero-order valence-corrected chi connectivity index (χ0v) is 11.1. The average molecular weight is 294 g/mol. The molecule has 0 saturated carbocycles. The van der Waals surface area contributed by atoms with E-state index < -0.39 is 16.6 Å². The maximum absolute atomic E-state index is 13.5. The van der Waals surface area contributed by atoms with Crippen LogP contribution in [-0.2, 0) is 6.54 Å². The normalized spacial score (nSPS) is 10.2. The quantitative estimate of drug-likeness (QED) is 0.677. The fraction of sp³-hybridized carbons (Fsp3) is 0.143. The van der Waals surface area contributed by atoms with Crippen LogP contribution in [0.25, 0.3) is 0 Å². The zero-order valence-electron chi connectivity index (χ0n) is 11.1. The van der Waals surface area contributed by atoms with Crippen LogP contribution in [0, 0.1) is 21.7 Å². The van der Waals surface area contributed by atoms with Crippen molar-refractivity contribution in [2.75, 3.05) is 12.4 Å². The van der Waals surface area contributed by atoms with E-state index in [1.54, 1.807) is 6.07 Å². The molecule has 2 aromatic rings. The second-order valence-corrected chi connectivity index (χ2v) is 4.27. The minimum atomic E-state index is -0.681. The molecule has 0 radical (unpaired) electrons. The summed E-state index contributed by atoms with van der Waals surface area (Å²) in [5, 5.41) is 13.7. The average Bonchev–Trinajstić information content (AvgIpc) is 2.46. The Labute approximate surface area is 119 Å². The van der Waals surface area contributed by atoms with E-state index in [1.165, 1.54) is 25.3 Å². The van der Waals surface area contributed by atoms with Crippen molar-refractivity contribution in [2.45, 2.75) is 6.54 Å². The molecule has 7 heteroatoms. The molecule has 0 aliphatic heterocycles. The molecule has 0 aliphatic carbocycles. The SMILES string of the molecule is COc1cc(NCc2ccc(F)cc2F)cc([N+](=O)[O-])c1. The van der Waals surface area contributed by atoms with Gasteiger partial charge in [0.2, 0.25) is 0 Å². The van der Waals surface area contributed by atoms with Gasteiger partial charge < -0.3 is 10.1 Å². The molecule has 2 rings (SSSR count). The summed E-state index contributed by atoms with van der Waals surface area (Å²) in [6, 6.07) is 7.38. The maximum atomic E-state index is 13.5. The van der Waals surface area contributed by atoms with Crippen molar-refractivity contribution in [3.63, 3.8) is 0 Å². The maximum Gasteiger partial charge on any atom is 0.275 e. The van der Waals surface area contributed by atoms with Crippen LogP contribution < -0.4 is 10.1 Å². The fourth-order valence-corrected chi connectivity index (χ4v) is 1.77. The Bertz CT molecular complexity index is 677. The van der Waals surface area contributed by atoms with E-state index in [1.807, 2.05) is 0 Å². The smallest absolute Gasteiger partial charge is 0.275 e. The van der Waals surface area contributed by atoms with Gasteiger partial charge in [-0.05, 0) is 6.07 Å². The molecule has 2 aromatic carbocycles. The van der Waals surface area contributed by atoms with E-state index in [0.717, 1.165) is 12.1 Å². The van der Waals surface area contributed by atoms with Gasteiger partial charge in [-0.15, -0.1) is 0 Å². The highest BCUT2D eigenvalue weighted by Crippen LogP contribution is 2.26. The van der Waals surface area contributed by atoms with Crippen LogP contribution in [0.2, 0.25) is 0 Å². The topological polar surface area (TPSA) is 64.4 Å². The van der Waals surface area contributed by atoms with Crippen LogP contribution in [0.5, 0.6) is 5.75 Å². The Morgan fingerprint density at radius 2 is 2.00 bits per heavy atom. The van der Waals surface area contributed by atoms with Crippen molar-refractivity contribution < 1.29 is 18.4 Å². The molecule has 0 aromatic heterocycles.